The lowest BCUT2D eigenvalue weighted by atomic mass is 9.96. The Balaban J connectivity index is 1.78. The Labute approximate surface area is 165 Å². The third kappa shape index (κ3) is 3.26. The van der Waals surface area contributed by atoms with Gasteiger partial charge < -0.3 is 9.32 Å². The number of carbonyl (C=O) groups is 2. The molecule has 2 amide bonds. The number of benzene rings is 1. The van der Waals surface area contributed by atoms with Gasteiger partial charge >= 0.3 is 0 Å². The number of aryl methyl sites for hydroxylation is 2. The molecule has 0 spiro atoms. The second-order valence-corrected chi connectivity index (χ2v) is 7.99. The Morgan fingerprint density at radius 2 is 1.93 bits per heavy atom. The number of likely N-dealkylation sites (tertiary alicyclic amines) is 1. The van der Waals surface area contributed by atoms with Gasteiger partial charge in [0.15, 0.2) is 0 Å². The highest BCUT2D eigenvalue weighted by molar-refractivity contribution is 6.35. The molecule has 146 valence electrons. The molecule has 1 aromatic carbocycles. The van der Waals surface area contributed by atoms with Crippen molar-refractivity contribution in [3.63, 3.8) is 0 Å². The predicted octanol–water partition coefficient (Wildman–Crippen LogP) is 3.91. The fraction of sp³-hybridized carbons (Fsp3) is 0.391. The molecule has 1 fully saturated rings. The van der Waals surface area contributed by atoms with Crippen molar-refractivity contribution in [2.75, 3.05) is 13.1 Å². The van der Waals surface area contributed by atoms with Crippen LogP contribution in [0.25, 0.3) is 5.57 Å². The second-order valence-electron chi connectivity index (χ2n) is 7.99. The quantitative estimate of drug-likeness (QED) is 0.757. The molecular formula is C23H26N2O3. The third-order valence-corrected chi connectivity index (χ3v) is 5.81. The summed E-state index contributed by atoms with van der Waals surface area (Å²) in [5.41, 5.74) is 4.17. The number of hydrogen-bond acceptors (Lipinski definition) is 4. The van der Waals surface area contributed by atoms with E-state index in [0.29, 0.717) is 22.9 Å². The van der Waals surface area contributed by atoms with E-state index in [4.69, 9.17) is 4.42 Å². The SMILES string of the molecule is Cc1ccc(C2=C(N3CCCC(C)C3)C(=O)N(Cc3ccco3)C2=O)cc1C. The number of imide groups is 1. The van der Waals surface area contributed by atoms with Gasteiger partial charge in [0.25, 0.3) is 11.8 Å². The summed E-state index contributed by atoms with van der Waals surface area (Å²) < 4.78 is 5.39. The van der Waals surface area contributed by atoms with Crippen LogP contribution in [0.5, 0.6) is 0 Å². The zero-order valence-corrected chi connectivity index (χ0v) is 16.7. The van der Waals surface area contributed by atoms with Gasteiger partial charge in [0.1, 0.15) is 11.5 Å². The van der Waals surface area contributed by atoms with E-state index >= 15 is 0 Å². The normalized spacial score (nSPS) is 20.5. The third-order valence-electron chi connectivity index (χ3n) is 5.81. The van der Waals surface area contributed by atoms with Crippen molar-refractivity contribution in [1.82, 2.24) is 9.80 Å². The first-order valence-corrected chi connectivity index (χ1v) is 9.91. The summed E-state index contributed by atoms with van der Waals surface area (Å²) in [5.74, 6) is 0.653. The van der Waals surface area contributed by atoms with Crippen molar-refractivity contribution in [2.45, 2.75) is 40.2 Å². The lowest BCUT2D eigenvalue weighted by Crippen LogP contribution is -2.39. The van der Waals surface area contributed by atoms with Gasteiger partial charge in [0, 0.05) is 13.1 Å². The van der Waals surface area contributed by atoms with Crippen molar-refractivity contribution in [3.8, 4) is 0 Å². The Bertz CT molecular complexity index is 943. The molecule has 1 saturated heterocycles. The van der Waals surface area contributed by atoms with Crippen molar-refractivity contribution < 1.29 is 14.0 Å². The molecule has 4 rings (SSSR count). The molecule has 2 aliphatic rings. The molecule has 5 heteroatoms. The minimum atomic E-state index is -0.238. The molecule has 28 heavy (non-hydrogen) atoms. The molecule has 0 N–H and O–H groups in total. The number of nitrogens with zero attached hydrogens (tertiary/aromatic N) is 2. The Morgan fingerprint density at radius 3 is 2.61 bits per heavy atom. The zero-order chi connectivity index (χ0) is 19.8. The average molecular weight is 378 g/mol. The van der Waals surface area contributed by atoms with Crippen LogP contribution in [-0.2, 0) is 16.1 Å². The van der Waals surface area contributed by atoms with E-state index in [1.54, 1.807) is 18.4 Å². The highest BCUT2D eigenvalue weighted by Crippen LogP contribution is 2.35. The second kappa shape index (κ2) is 7.30. The summed E-state index contributed by atoms with van der Waals surface area (Å²) in [6.45, 7) is 8.05. The van der Waals surface area contributed by atoms with Gasteiger partial charge in [-0.2, -0.15) is 0 Å². The van der Waals surface area contributed by atoms with Crippen molar-refractivity contribution in [1.29, 1.82) is 0 Å². The van der Waals surface area contributed by atoms with Crippen LogP contribution in [-0.4, -0.2) is 34.7 Å². The maximum Gasteiger partial charge on any atom is 0.278 e. The molecule has 0 saturated carbocycles. The number of furan rings is 1. The molecule has 2 aliphatic heterocycles. The summed E-state index contributed by atoms with van der Waals surface area (Å²) in [5, 5.41) is 0. The van der Waals surface area contributed by atoms with Crippen LogP contribution < -0.4 is 0 Å². The first kappa shape index (κ1) is 18.5. The Kier molecular flexibility index (Phi) is 4.84. The number of hydrogen-bond donors (Lipinski definition) is 0. The lowest BCUT2D eigenvalue weighted by Gasteiger charge is -2.33. The molecular weight excluding hydrogens is 352 g/mol. The van der Waals surface area contributed by atoms with Crippen molar-refractivity contribution >= 4 is 17.4 Å². The predicted molar refractivity (Wildman–Crippen MR) is 107 cm³/mol. The van der Waals surface area contributed by atoms with Crippen molar-refractivity contribution in [3.05, 3.63) is 64.7 Å². The van der Waals surface area contributed by atoms with Crippen LogP contribution in [0.15, 0.2) is 46.7 Å². The van der Waals surface area contributed by atoms with Crippen LogP contribution in [0.3, 0.4) is 0 Å². The van der Waals surface area contributed by atoms with E-state index in [0.717, 1.165) is 37.1 Å². The molecule has 1 aromatic heterocycles. The summed E-state index contributed by atoms with van der Waals surface area (Å²) in [6, 6.07) is 9.54. The molecule has 1 unspecified atom stereocenters. The number of piperidine rings is 1. The summed E-state index contributed by atoms with van der Waals surface area (Å²) in [6.07, 6.45) is 3.75. The van der Waals surface area contributed by atoms with Crippen LogP contribution in [0, 0.1) is 19.8 Å². The summed E-state index contributed by atoms with van der Waals surface area (Å²) in [7, 11) is 0. The molecule has 3 heterocycles. The standard InChI is InChI=1S/C23H26N2O3/c1-15-6-4-10-24(13-15)21-20(18-9-8-16(2)17(3)12-18)22(26)25(23(21)27)14-19-7-5-11-28-19/h5,7-9,11-12,15H,4,6,10,13-14H2,1-3H3. The van der Waals surface area contributed by atoms with Gasteiger partial charge in [-0.3, -0.25) is 14.5 Å². The van der Waals surface area contributed by atoms with Gasteiger partial charge in [-0.1, -0.05) is 25.1 Å². The average Bonchev–Trinajstić information content (AvgIpc) is 3.26. The first-order chi connectivity index (χ1) is 13.5. The molecule has 0 bridgehead atoms. The minimum Gasteiger partial charge on any atom is -0.467 e. The Morgan fingerprint density at radius 1 is 1.11 bits per heavy atom. The summed E-state index contributed by atoms with van der Waals surface area (Å²) >= 11 is 0. The van der Waals surface area contributed by atoms with Crippen LogP contribution in [0.1, 0.15) is 42.2 Å². The van der Waals surface area contributed by atoms with E-state index < -0.39 is 0 Å². The van der Waals surface area contributed by atoms with Crippen LogP contribution >= 0.6 is 0 Å². The lowest BCUT2D eigenvalue weighted by molar-refractivity contribution is -0.138. The van der Waals surface area contributed by atoms with E-state index in [9.17, 15) is 9.59 Å². The van der Waals surface area contributed by atoms with Gasteiger partial charge in [-0.05, 0) is 61.4 Å². The van der Waals surface area contributed by atoms with Gasteiger partial charge in [0.2, 0.25) is 0 Å². The van der Waals surface area contributed by atoms with Crippen LogP contribution in [0.2, 0.25) is 0 Å². The topological polar surface area (TPSA) is 53.8 Å². The van der Waals surface area contributed by atoms with E-state index in [2.05, 4.69) is 11.8 Å². The summed E-state index contributed by atoms with van der Waals surface area (Å²) in [4.78, 5) is 30.1. The van der Waals surface area contributed by atoms with Crippen LogP contribution in [0.4, 0.5) is 0 Å². The van der Waals surface area contributed by atoms with Gasteiger partial charge in [-0.25, -0.2) is 0 Å². The first-order valence-electron chi connectivity index (χ1n) is 9.91. The highest BCUT2D eigenvalue weighted by Gasteiger charge is 2.42. The molecule has 5 nitrogen and oxygen atoms in total. The minimum absolute atomic E-state index is 0.159. The maximum absolute atomic E-state index is 13.4. The molecule has 1 atom stereocenters. The maximum atomic E-state index is 13.4. The smallest absolute Gasteiger partial charge is 0.278 e. The largest absolute Gasteiger partial charge is 0.467 e. The molecule has 2 aromatic rings. The fourth-order valence-corrected chi connectivity index (χ4v) is 4.11. The monoisotopic (exact) mass is 378 g/mol. The zero-order valence-electron chi connectivity index (χ0n) is 16.7. The number of carbonyl (C=O) groups excluding carboxylic acids is 2. The number of amides is 2. The van der Waals surface area contributed by atoms with Crippen molar-refractivity contribution in [2.24, 2.45) is 5.92 Å². The fourth-order valence-electron chi connectivity index (χ4n) is 4.11. The van der Waals surface area contributed by atoms with Gasteiger partial charge in [-0.15, -0.1) is 0 Å². The molecule has 0 radical (unpaired) electrons. The highest BCUT2D eigenvalue weighted by atomic mass is 16.3. The van der Waals surface area contributed by atoms with E-state index in [1.807, 2.05) is 32.0 Å². The Hall–Kier alpha value is -2.82. The molecule has 0 aliphatic carbocycles. The van der Waals surface area contributed by atoms with E-state index in [1.165, 1.54) is 10.5 Å². The van der Waals surface area contributed by atoms with Gasteiger partial charge in [0.05, 0.1) is 18.4 Å². The van der Waals surface area contributed by atoms with E-state index in [-0.39, 0.29) is 18.4 Å². The number of rotatable bonds is 4.